The molecule has 0 saturated heterocycles. The van der Waals surface area contributed by atoms with E-state index in [9.17, 15) is 4.79 Å². The van der Waals surface area contributed by atoms with Gasteiger partial charge >= 0.3 is 0 Å². The summed E-state index contributed by atoms with van der Waals surface area (Å²) in [5.74, 6) is -0.410. The van der Waals surface area contributed by atoms with Crippen molar-refractivity contribution >= 4 is 22.8 Å². The van der Waals surface area contributed by atoms with Crippen LogP contribution in [0.4, 0.5) is 0 Å². The molecule has 1 rings (SSSR count). The molecule has 4 nitrogen and oxygen atoms in total. The molecule has 0 aliphatic heterocycles. The predicted octanol–water partition coefficient (Wildman–Crippen LogP) is 0.900. The molecule has 0 radical (unpaired) electrons. The number of nitrogens with zero attached hydrogens (tertiary/aromatic N) is 2. The van der Waals surface area contributed by atoms with Gasteiger partial charge in [-0.15, -0.1) is 0 Å². The zero-order valence-electron chi connectivity index (χ0n) is 7.10. The van der Waals surface area contributed by atoms with Crippen molar-refractivity contribution < 1.29 is 4.79 Å². The summed E-state index contributed by atoms with van der Waals surface area (Å²) in [7, 11) is 0. The number of hydrogen-bond acceptors (Lipinski definition) is 3. The second-order valence-corrected chi connectivity index (χ2v) is 3.00. The molecular weight excluding hydrogens is 186 g/mol. The highest BCUT2D eigenvalue weighted by Gasteiger charge is 2.04. The molecule has 0 aliphatic rings. The molecule has 13 heavy (non-hydrogen) atoms. The third-order valence-electron chi connectivity index (χ3n) is 1.30. The Morgan fingerprint density at radius 2 is 2.38 bits per heavy atom. The number of amides is 1. The van der Waals surface area contributed by atoms with E-state index in [1.165, 1.54) is 18.0 Å². The molecule has 0 spiro atoms. The summed E-state index contributed by atoms with van der Waals surface area (Å²) < 4.78 is 0. The molecule has 0 aliphatic carbocycles. The van der Waals surface area contributed by atoms with Gasteiger partial charge < -0.3 is 5.73 Å². The Kier molecular flexibility index (Phi) is 3.45. The van der Waals surface area contributed by atoms with Gasteiger partial charge in [0, 0.05) is 6.20 Å². The number of thioether (sulfide) groups is 1. The molecular formula is C8H9N3OS. The van der Waals surface area contributed by atoms with E-state index in [2.05, 4.69) is 9.98 Å². The molecule has 0 saturated carbocycles. The molecule has 0 bridgehead atoms. The van der Waals surface area contributed by atoms with E-state index in [0.29, 0.717) is 5.69 Å². The van der Waals surface area contributed by atoms with Crippen LogP contribution < -0.4 is 5.73 Å². The third kappa shape index (κ3) is 2.87. The number of aromatic nitrogens is 1. The molecule has 0 atom stereocenters. The molecule has 2 N–H and O–H groups in total. The summed E-state index contributed by atoms with van der Waals surface area (Å²) in [6.07, 6.45) is 3.29. The molecule has 5 heteroatoms. The number of nitrogens with two attached hydrogens (primary N) is 1. The Balaban J connectivity index is 2.81. The molecule has 0 aromatic carbocycles. The van der Waals surface area contributed by atoms with Gasteiger partial charge in [0.2, 0.25) is 0 Å². The molecule has 1 heterocycles. The quantitative estimate of drug-likeness (QED) is 0.534. The molecule has 1 aromatic rings. The van der Waals surface area contributed by atoms with Crippen LogP contribution in [0.2, 0.25) is 0 Å². The summed E-state index contributed by atoms with van der Waals surface area (Å²) in [6.45, 7) is 0. The van der Waals surface area contributed by atoms with Crippen LogP contribution in [0, 0.1) is 0 Å². The lowest BCUT2D eigenvalue weighted by atomic mass is 10.3. The van der Waals surface area contributed by atoms with Crippen LogP contribution in [0.1, 0.15) is 10.5 Å². The molecule has 0 unspecified atom stereocenters. The Hall–Kier alpha value is -1.36. The first-order valence-corrected chi connectivity index (χ1v) is 4.80. The normalized spacial score (nSPS) is 11.3. The van der Waals surface area contributed by atoms with E-state index in [0.717, 1.165) is 0 Å². The van der Waals surface area contributed by atoms with Crippen molar-refractivity contribution in [1.29, 1.82) is 0 Å². The van der Waals surface area contributed by atoms with E-state index >= 15 is 0 Å². The Bertz CT molecular complexity index is 323. The maximum absolute atomic E-state index is 11.3. The third-order valence-corrected chi connectivity index (χ3v) is 1.81. The van der Waals surface area contributed by atoms with Gasteiger partial charge in [-0.25, -0.2) is 0 Å². The van der Waals surface area contributed by atoms with Gasteiger partial charge in [-0.1, -0.05) is 17.8 Å². The lowest BCUT2D eigenvalue weighted by Crippen LogP contribution is -2.10. The smallest absolute Gasteiger partial charge is 0.297 e. The zero-order valence-corrected chi connectivity index (χ0v) is 7.91. The average molecular weight is 195 g/mol. The number of carbonyl (C=O) groups is 1. The van der Waals surface area contributed by atoms with E-state index in [-0.39, 0.29) is 5.17 Å². The van der Waals surface area contributed by atoms with Gasteiger partial charge in [-0.2, -0.15) is 4.99 Å². The van der Waals surface area contributed by atoms with Gasteiger partial charge in [0.25, 0.3) is 5.91 Å². The molecule has 0 fully saturated rings. The van der Waals surface area contributed by atoms with Crippen molar-refractivity contribution in [1.82, 2.24) is 4.98 Å². The number of rotatable bonds is 1. The average Bonchev–Trinajstić information content (AvgIpc) is 2.19. The SMILES string of the molecule is CSC(N)=NC(=O)c1ccccn1. The first kappa shape index (κ1) is 9.73. The zero-order chi connectivity index (χ0) is 9.68. The first-order valence-electron chi connectivity index (χ1n) is 3.57. The van der Waals surface area contributed by atoms with Crippen LogP contribution in [0.5, 0.6) is 0 Å². The fourth-order valence-electron chi connectivity index (χ4n) is 0.692. The summed E-state index contributed by atoms with van der Waals surface area (Å²) in [4.78, 5) is 18.7. The number of carbonyl (C=O) groups excluding carboxylic acids is 1. The number of amidine groups is 1. The van der Waals surface area contributed by atoms with Crippen molar-refractivity contribution in [3.63, 3.8) is 0 Å². The van der Waals surface area contributed by atoms with Gasteiger partial charge in [0.05, 0.1) is 0 Å². The highest BCUT2D eigenvalue weighted by atomic mass is 32.2. The monoisotopic (exact) mass is 195 g/mol. The summed E-state index contributed by atoms with van der Waals surface area (Å²) in [6, 6.07) is 5.06. The highest BCUT2D eigenvalue weighted by molar-refractivity contribution is 8.13. The Morgan fingerprint density at radius 3 is 2.92 bits per heavy atom. The molecule has 68 valence electrons. The van der Waals surface area contributed by atoms with E-state index in [1.54, 1.807) is 24.5 Å². The number of hydrogen-bond donors (Lipinski definition) is 1. The minimum Gasteiger partial charge on any atom is -0.378 e. The highest BCUT2D eigenvalue weighted by Crippen LogP contribution is 1.99. The van der Waals surface area contributed by atoms with Crippen LogP contribution >= 0.6 is 11.8 Å². The van der Waals surface area contributed by atoms with Crippen LogP contribution in [-0.2, 0) is 0 Å². The molecule has 1 amide bonds. The minimum atomic E-state index is -0.410. The second-order valence-electron chi connectivity index (χ2n) is 2.17. The van der Waals surface area contributed by atoms with E-state index in [4.69, 9.17) is 5.73 Å². The van der Waals surface area contributed by atoms with Crippen molar-refractivity contribution in [3.05, 3.63) is 30.1 Å². The van der Waals surface area contributed by atoms with E-state index in [1.807, 2.05) is 0 Å². The van der Waals surface area contributed by atoms with Crippen LogP contribution in [0.3, 0.4) is 0 Å². The van der Waals surface area contributed by atoms with Crippen LogP contribution in [0.25, 0.3) is 0 Å². The Morgan fingerprint density at radius 1 is 1.62 bits per heavy atom. The van der Waals surface area contributed by atoms with E-state index < -0.39 is 5.91 Å². The van der Waals surface area contributed by atoms with Crippen molar-refractivity contribution in [2.45, 2.75) is 0 Å². The topological polar surface area (TPSA) is 68.3 Å². The maximum Gasteiger partial charge on any atom is 0.297 e. The van der Waals surface area contributed by atoms with Crippen molar-refractivity contribution in [2.75, 3.05) is 6.26 Å². The first-order chi connectivity index (χ1) is 6.24. The van der Waals surface area contributed by atoms with Crippen LogP contribution in [0.15, 0.2) is 29.4 Å². The predicted molar refractivity (Wildman–Crippen MR) is 53.7 cm³/mol. The lowest BCUT2D eigenvalue weighted by Gasteiger charge is -1.94. The fraction of sp³-hybridized carbons (Fsp3) is 0.125. The van der Waals surface area contributed by atoms with Crippen molar-refractivity contribution in [3.8, 4) is 0 Å². The minimum absolute atomic E-state index is 0.246. The van der Waals surface area contributed by atoms with Crippen LogP contribution in [-0.4, -0.2) is 22.3 Å². The number of pyridine rings is 1. The van der Waals surface area contributed by atoms with Gasteiger partial charge in [0.1, 0.15) is 5.69 Å². The fourth-order valence-corrected chi connectivity index (χ4v) is 0.866. The largest absolute Gasteiger partial charge is 0.378 e. The van der Waals surface area contributed by atoms with Gasteiger partial charge in [0.15, 0.2) is 5.17 Å². The van der Waals surface area contributed by atoms with Gasteiger partial charge in [-0.05, 0) is 18.4 Å². The second kappa shape index (κ2) is 4.61. The van der Waals surface area contributed by atoms with Gasteiger partial charge in [-0.3, -0.25) is 9.78 Å². The summed E-state index contributed by atoms with van der Waals surface area (Å²) in [5.41, 5.74) is 5.68. The Labute approximate surface area is 80.3 Å². The van der Waals surface area contributed by atoms with Crippen molar-refractivity contribution in [2.24, 2.45) is 10.7 Å². The summed E-state index contributed by atoms with van der Waals surface area (Å²) >= 11 is 1.23. The molecule has 1 aromatic heterocycles. The lowest BCUT2D eigenvalue weighted by molar-refractivity contribution is 0.0998. The standard InChI is InChI=1S/C8H9N3OS/c1-13-8(9)11-7(12)6-4-2-3-5-10-6/h2-5H,1H3,(H2,9,11,12). The summed E-state index contributed by atoms with van der Waals surface area (Å²) in [5, 5.41) is 0.246. The maximum atomic E-state index is 11.3. The number of aliphatic imine (C=N–C) groups is 1.